The number of benzene rings is 1. The van der Waals surface area contributed by atoms with Crippen molar-refractivity contribution in [3.63, 3.8) is 0 Å². The maximum Gasteiger partial charge on any atom is 0.0686 e. The van der Waals surface area contributed by atoms with Gasteiger partial charge in [0.15, 0.2) is 0 Å². The first-order valence-corrected chi connectivity index (χ1v) is 6.48. The van der Waals surface area contributed by atoms with Crippen LogP contribution in [0.15, 0.2) is 24.3 Å². The topological polar surface area (TPSA) is 20.2 Å². The summed E-state index contributed by atoms with van der Waals surface area (Å²) >= 11 is 0. The highest BCUT2D eigenvalue weighted by molar-refractivity contribution is 5.39. The molecule has 0 amide bonds. The molecule has 0 spiro atoms. The summed E-state index contributed by atoms with van der Waals surface area (Å²) in [4.78, 5) is 0. The minimum absolute atomic E-state index is 0.233. The van der Waals surface area contributed by atoms with Crippen LogP contribution in [0.4, 0.5) is 0 Å². The van der Waals surface area contributed by atoms with Crippen LogP contribution in [-0.4, -0.2) is 11.2 Å². The molecular weight excluding hydrogens is 208 g/mol. The van der Waals surface area contributed by atoms with E-state index < -0.39 is 0 Å². The molecule has 1 fully saturated rings. The normalized spacial score (nSPS) is 30.6. The summed E-state index contributed by atoms with van der Waals surface area (Å²) in [5.74, 6) is 7.64. The Balaban J connectivity index is 1.79. The van der Waals surface area contributed by atoms with Crippen molar-refractivity contribution in [1.82, 2.24) is 0 Å². The van der Waals surface area contributed by atoms with Gasteiger partial charge in [0.2, 0.25) is 0 Å². The van der Waals surface area contributed by atoms with Gasteiger partial charge in [-0.3, -0.25) is 0 Å². The molecule has 1 N–H and O–H groups in total. The van der Waals surface area contributed by atoms with Gasteiger partial charge < -0.3 is 5.11 Å². The maximum atomic E-state index is 10.2. The molecule has 0 radical (unpaired) electrons. The molecule has 2 aliphatic carbocycles. The summed E-state index contributed by atoms with van der Waals surface area (Å²) in [6.07, 6.45) is 2.82. The number of aliphatic hydroxyl groups excluding tert-OH is 1. The fraction of sp³-hybridized carbons (Fsp3) is 0.500. The van der Waals surface area contributed by atoms with Gasteiger partial charge in [-0.15, -0.1) is 11.8 Å². The smallest absolute Gasteiger partial charge is 0.0686 e. The largest absolute Gasteiger partial charge is 0.392 e. The lowest BCUT2D eigenvalue weighted by atomic mass is 9.92. The number of aryl methyl sites for hydroxylation is 1. The summed E-state index contributed by atoms with van der Waals surface area (Å²) in [7, 11) is 0. The van der Waals surface area contributed by atoms with Crippen LogP contribution in [0.3, 0.4) is 0 Å². The minimum Gasteiger partial charge on any atom is -0.392 e. The molecule has 1 nitrogen and oxygen atoms in total. The van der Waals surface area contributed by atoms with Crippen LogP contribution < -0.4 is 0 Å². The van der Waals surface area contributed by atoms with Gasteiger partial charge in [0.05, 0.1) is 6.10 Å². The van der Waals surface area contributed by atoms with Crippen LogP contribution in [-0.2, 0) is 6.42 Å². The second kappa shape index (κ2) is 4.20. The predicted octanol–water partition coefficient (Wildman–Crippen LogP) is 2.74. The van der Waals surface area contributed by atoms with E-state index in [1.165, 1.54) is 24.0 Å². The highest BCUT2D eigenvalue weighted by Gasteiger charge is 2.55. The van der Waals surface area contributed by atoms with Gasteiger partial charge in [-0.05, 0) is 48.6 Å². The summed E-state index contributed by atoms with van der Waals surface area (Å²) in [5, 5.41) is 10.2. The third-order valence-corrected chi connectivity index (χ3v) is 4.32. The van der Waals surface area contributed by atoms with Crippen LogP contribution in [0.25, 0.3) is 0 Å². The number of aliphatic hydroxyl groups is 1. The first-order valence-electron chi connectivity index (χ1n) is 6.48. The third kappa shape index (κ3) is 1.77. The molecule has 1 heteroatoms. The molecule has 1 aromatic carbocycles. The van der Waals surface area contributed by atoms with E-state index in [0.29, 0.717) is 24.2 Å². The van der Waals surface area contributed by atoms with E-state index in [1.54, 1.807) is 0 Å². The van der Waals surface area contributed by atoms with Crippen molar-refractivity contribution in [3.05, 3.63) is 35.4 Å². The van der Waals surface area contributed by atoms with E-state index in [1.807, 2.05) is 6.92 Å². The SMILES string of the molecule is CC#CCC(O)C1C2CCc3ccccc3C21. The number of hydrogen-bond donors (Lipinski definition) is 1. The number of hydrogen-bond acceptors (Lipinski definition) is 1. The highest BCUT2D eigenvalue weighted by Crippen LogP contribution is 2.61. The molecule has 17 heavy (non-hydrogen) atoms. The van der Waals surface area contributed by atoms with Crippen molar-refractivity contribution in [2.45, 2.75) is 38.2 Å². The molecule has 1 aromatic rings. The van der Waals surface area contributed by atoms with Crippen molar-refractivity contribution in [1.29, 1.82) is 0 Å². The highest BCUT2D eigenvalue weighted by atomic mass is 16.3. The quantitative estimate of drug-likeness (QED) is 0.769. The van der Waals surface area contributed by atoms with Crippen molar-refractivity contribution >= 4 is 0 Å². The van der Waals surface area contributed by atoms with Crippen molar-refractivity contribution in [3.8, 4) is 11.8 Å². The number of fused-ring (bicyclic) bond motifs is 3. The molecule has 4 atom stereocenters. The molecule has 4 unspecified atom stereocenters. The van der Waals surface area contributed by atoms with E-state index in [2.05, 4.69) is 36.1 Å². The van der Waals surface area contributed by atoms with Crippen LogP contribution in [0.5, 0.6) is 0 Å². The molecule has 0 heterocycles. The molecule has 0 bridgehead atoms. The monoisotopic (exact) mass is 226 g/mol. The Morgan fingerprint density at radius 1 is 1.41 bits per heavy atom. The predicted molar refractivity (Wildman–Crippen MR) is 68.6 cm³/mol. The second-order valence-corrected chi connectivity index (χ2v) is 5.20. The van der Waals surface area contributed by atoms with E-state index in [9.17, 15) is 5.11 Å². The zero-order valence-corrected chi connectivity index (χ0v) is 10.2. The minimum atomic E-state index is -0.233. The summed E-state index contributed by atoms with van der Waals surface area (Å²) in [6.45, 7) is 1.84. The zero-order chi connectivity index (χ0) is 11.8. The third-order valence-electron chi connectivity index (χ3n) is 4.32. The van der Waals surface area contributed by atoms with E-state index >= 15 is 0 Å². The average Bonchev–Trinajstić information content (AvgIpc) is 3.11. The second-order valence-electron chi connectivity index (χ2n) is 5.20. The average molecular weight is 226 g/mol. The van der Waals surface area contributed by atoms with Crippen molar-refractivity contribution < 1.29 is 5.11 Å². The van der Waals surface area contributed by atoms with Crippen LogP contribution >= 0.6 is 0 Å². The molecule has 2 aliphatic rings. The van der Waals surface area contributed by atoms with Gasteiger partial charge in [0.1, 0.15) is 0 Å². The fourth-order valence-electron chi connectivity index (χ4n) is 3.49. The standard InChI is InChI=1S/C16H18O/c1-2-3-8-14(17)16-13-10-9-11-6-4-5-7-12(11)15(13)16/h4-7,13-17H,8-10H2,1H3. The Kier molecular flexibility index (Phi) is 2.68. The summed E-state index contributed by atoms with van der Waals surface area (Å²) in [5.41, 5.74) is 2.97. The first kappa shape index (κ1) is 10.9. The fourth-order valence-corrected chi connectivity index (χ4v) is 3.49. The van der Waals surface area contributed by atoms with Gasteiger partial charge >= 0.3 is 0 Å². The molecule has 0 aromatic heterocycles. The van der Waals surface area contributed by atoms with Gasteiger partial charge in [-0.1, -0.05) is 24.3 Å². The summed E-state index contributed by atoms with van der Waals surface area (Å²) < 4.78 is 0. The van der Waals surface area contributed by atoms with Gasteiger partial charge in [-0.25, -0.2) is 0 Å². The Morgan fingerprint density at radius 2 is 2.24 bits per heavy atom. The molecule has 1 saturated carbocycles. The molecular formula is C16H18O. The van der Waals surface area contributed by atoms with Gasteiger partial charge in [-0.2, -0.15) is 0 Å². The van der Waals surface area contributed by atoms with E-state index in [4.69, 9.17) is 0 Å². The van der Waals surface area contributed by atoms with E-state index in [-0.39, 0.29) is 6.10 Å². The Bertz CT molecular complexity index is 480. The lowest BCUT2D eigenvalue weighted by Crippen LogP contribution is -2.10. The van der Waals surface area contributed by atoms with Gasteiger partial charge in [0, 0.05) is 6.42 Å². The lowest BCUT2D eigenvalue weighted by molar-refractivity contribution is 0.148. The summed E-state index contributed by atoms with van der Waals surface area (Å²) in [6, 6.07) is 8.72. The van der Waals surface area contributed by atoms with E-state index in [0.717, 1.165) is 0 Å². The number of rotatable bonds is 2. The van der Waals surface area contributed by atoms with Crippen molar-refractivity contribution in [2.75, 3.05) is 0 Å². The molecule has 3 rings (SSSR count). The lowest BCUT2D eigenvalue weighted by Gasteiger charge is -2.13. The van der Waals surface area contributed by atoms with Crippen LogP contribution in [0.2, 0.25) is 0 Å². The zero-order valence-electron chi connectivity index (χ0n) is 10.2. The van der Waals surface area contributed by atoms with Crippen molar-refractivity contribution in [2.24, 2.45) is 11.8 Å². The maximum absolute atomic E-state index is 10.2. The Hall–Kier alpha value is -1.26. The molecule has 0 aliphatic heterocycles. The van der Waals surface area contributed by atoms with Gasteiger partial charge in [0.25, 0.3) is 0 Å². The molecule has 88 valence electrons. The molecule has 0 saturated heterocycles. The first-order chi connectivity index (χ1) is 8.33. The Labute approximate surface area is 103 Å². The van der Waals surface area contributed by atoms with Crippen LogP contribution in [0.1, 0.15) is 36.8 Å². The Morgan fingerprint density at radius 3 is 3.06 bits per heavy atom. The van der Waals surface area contributed by atoms with Crippen LogP contribution in [0, 0.1) is 23.7 Å².